The Labute approximate surface area is 142 Å². The summed E-state index contributed by atoms with van der Waals surface area (Å²) in [7, 11) is 2.18. The van der Waals surface area contributed by atoms with Crippen LogP contribution >= 0.6 is 11.6 Å². The predicted octanol–water partition coefficient (Wildman–Crippen LogP) is 2.75. The summed E-state index contributed by atoms with van der Waals surface area (Å²) in [6, 6.07) is 5.77. The van der Waals surface area contributed by atoms with Gasteiger partial charge in [0, 0.05) is 50.7 Å². The average Bonchev–Trinajstić information content (AvgIpc) is 3.09. The van der Waals surface area contributed by atoms with Crippen molar-refractivity contribution in [2.24, 2.45) is 0 Å². The molecule has 2 heterocycles. The maximum absolute atomic E-state index is 6.31. The van der Waals surface area contributed by atoms with E-state index in [0.29, 0.717) is 11.6 Å². The van der Waals surface area contributed by atoms with Crippen LogP contribution in [0, 0.1) is 0 Å². The molecule has 1 fully saturated rings. The lowest BCUT2D eigenvalue weighted by molar-refractivity contribution is 0.145. The van der Waals surface area contributed by atoms with Gasteiger partial charge in [0.25, 0.3) is 0 Å². The Morgan fingerprint density at radius 1 is 1.26 bits per heavy atom. The lowest BCUT2D eigenvalue weighted by atomic mass is 10.2. The van der Waals surface area contributed by atoms with Crippen LogP contribution in [-0.4, -0.2) is 66.1 Å². The highest BCUT2D eigenvalue weighted by Gasteiger charge is 2.13. The van der Waals surface area contributed by atoms with Gasteiger partial charge in [-0.25, -0.2) is 4.98 Å². The third kappa shape index (κ3) is 4.47. The SMILES string of the molecule is CN1CCN(CCCOc2ccc(-c3ncc[nH]3)cc2Cl)CC1. The second-order valence-electron chi connectivity index (χ2n) is 5.93. The fraction of sp³-hybridized carbons (Fsp3) is 0.471. The smallest absolute Gasteiger partial charge is 0.137 e. The standard InChI is InChI=1S/C17H23ClN4O/c1-21-8-10-22(11-9-21)7-2-12-23-16-4-3-14(13-15(16)18)17-19-5-6-20-17/h3-6,13H,2,7-12H2,1H3,(H,19,20). The molecule has 0 unspecified atom stereocenters. The van der Waals surface area contributed by atoms with Crippen molar-refractivity contribution in [1.82, 2.24) is 19.8 Å². The minimum Gasteiger partial charge on any atom is -0.492 e. The molecule has 5 nitrogen and oxygen atoms in total. The van der Waals surface area contributed by atoms with Crippen molar-refractivity contribution in [2.45, 2.75) is 6.42 Å². The molecule has 1 aromatic heterocycles. The number of ether oxygens (including phenoxy) is 1. The summed E-state index contributed by atoms with van der Waals surface area (Å²) in [6.07, 6.45) is 4.54. The van der Waals surface area contributed by atoms with Crippen LogP contribution in [0.15, 0.2) is 30.6 Å². The van der Waals surface area contributed by atoms with Gasteiger partial charge in [-0.3, -0.25) is 0 Å². The molecule has 1 aliphatic rings. The van der Waals surface area contributed by atoms with E-state index >= 15 is 0 Å². The van der Waals surface area contributed by atoms with Gasteiger partial charge in [0.2, 0.25) is 0 Å². The van der Waals surface area contributed by atoms with Crippen LogP contribution in [0.1, 0.15) is 6.42 Å². The minimum absolute atomic E-state index is 0.624. The van der Waals surface area contributed by atoms with E-state index < -0.39 is 0 Å². The number of nitrogens with one attached hydrogen (secondary N) is 1. The minimum atomic E-state index is 0.624. The van der Waals surface area contributed by atoms with E-state index in [-0.39, 0.29) is 0 Å². The Balaban J connectivity index is 1.45. The number of rotatable bonds is 6. The van der Waals surface area contributed by atoms with Crippen LogP contribution in [0.4, 0.5) is 0 Å². The number of benzene rings is 1. The molecule has 1 aliphatic heterocycles. The Hall–Kier alpha value is -1.56. The number of aromatic amines is 1. The zero-order chi connectivity index (χ0) is 16.1. The molecular weight excluding hydrogens is 312 g/mol. The molecule has 0 atom stereocenters. The number of H-pyrrole nitrogens is 1. The van der Waals surface area contributed by atoms with E-state index in [1.165, 1.54) is 0 Å². The molecule has 1 saturated heterocycles. The number of likely N-dealkylation sites (N-methyl/N-ethyl adjacent to an activating group) is 1. The molecular formula is C17H23ClN4O. The average molecular weight is 335 g/mol. The Morgan fingerprint density at radius 2 is 2.09 bits per heavy atom. The van der Waals surface area contributed by atoms with Crippen LogP contribution in [0.25, 0.3) is 11.4 Å². The van der Waals surface area contributed by atoms with Crippen LogP contribution < -0.4 is 4.74 Å². The van der Waals surface area contributed by atoms with E-state index in [4.69, 9.17) is 16.3 Å². The van der Waals surface area contributed by atoms with Crippen LogP contribution in [0.5, 0.6) is 5.75 Å². The van der Waals surface area contributed by atoms with Gasteiger partial charge < -0.3 is 19.5 Å². The number of halogens is 1. The number of imidazole rings is 1. The van der Waals surface area contributed by atoms with Crippen molar-refractivity contribution in [2.75, 3.05) is 46.4 Å². The molecule has 6 heteroatoms. The third-order valence-electron chi connectivity index (χ3n) is 4.18. The maximum atomic E-state index is 6.31. The lowest BCUT2D eigenvalue weighted by Gasteiger charge is -2.32. The van der Waals surface area contributed by atoms with E-state index in [2.05, 4.69) is 26.8 Å². The van der Waals surface area contributed by atoms with E-state index in [1.54, 1.807) is 12.4 Å². The van der Waals surface area contributed by atoms with Gasteiger partial charge in [-0.1, -0.05) is 11.6 Å². The fourth-order valence-corrected chi connectivity index (χ4v) is 2.97. The monoisotopic (exact) mass is 334 g/mol. The molecule has 0 aliphatic carbocycles. The van der Waals surface area contributed by atoms with Gasteiger partial charge in [-0.05, 0) is 31.7 Å². The summed E-state index contributed by atoms with van der Waals surface area (Å²) in [5.74, 6) is 1.55. The highest BCUT2D eigenvalue weighted by Crippen LogP contribution is 2.29. The number of hydrogen-bond donors (Lipinski definition) is 1. The first-order valence-electron chi connectivity index (χ1n) is 8.05. The summed E-state index contributed by atoms with van der Waals surface area (Å²) in [5.41, 5.74) is 0.963. The molecule has 3 rings (SSSR count). The number of aromatic nitrogens is 2. The zero-order valence-corrected chi connectivity index (χ0v) is 14.2. The van der Waals surface area contributed by atoms with Gasteiger partial charge in [-0.15, -0.1) is 0 Å². The second kappa shape index (κ2) is 7.81. The van der Waals surface area contributed by atoms with Gasteiger partial charge in [0.05, 0.1) is 11.6 Å². The van der Waals surface area contributed by atoms with Crippen molar-refractivity contribution in [3.8, 4) is 17.1 Å². The van der Waals surface area contributed by atoms with E-state index in [1.807, 2.05) is 18.2 Å². The molecule has 0 spiro atoms. The van der Waals surface area contributed by atoms with Crippen LogP contribution in [-0.2, 0) is 0 Å². The molecule has 23 heavy (non-hydrogen) atoms. The highest BCUT2D eigenvalue weighted by atomic mass is 35.5. The molecule has 1 aromatic carbocycles. The topological polar surface area (TPSA) is 44.4 Å². The predicted molar refractivity (Wildman–Crippen MR) is 93.1 cm³/mol. The maximum Gasteiger partial charge on any atom is 0.137 e. The summed E-state index contributed by atoms with van der Waals surface area (Å²) in [6.45, 7) is 6.37. The molecule has 0 radical (unpaired) electrons. The fourth-order valence-electron chi connectivity index (χ4n) is 2.73. The van der Waals surface area contributed by atoms with Gasteiger partial charge >= 0.3 is 0 Å². The van der Waals surface area contributed by atoms with Crippen LogP contribution in [0.2, 0.25) is 5.02 Å². The molecule has 0 bridgehead atoms. The van der Waals surface area contributed by atoms with Gasteiger partial charge in [-0.2, -0.15) is 0 Å². The van der Waals surface area contributed by atoms with Crippen molar-refractivity contribution in [1.29, 1.82) is 0 Å². The van der Waals surface area contributed by atoms with Crippen molar-refractivity contribution in [3.63, 3.8) is 0 Å². The lowest BCUT2D eigenvalue weighted by Crippen LogP contribution is -2.44. The first-order valence-corrected chi connectivity index (χ1v) is 8.43. The highest BCUT2D eigenvalue weighted by molar-refractivity contribution is 6.32. The number of piperazine rings is 1. The quantitative estimate of drug-likeness (QED) is 0.825. The Morgan fingerprint density at radius 3 is 2.78 bits per heavy atom. The number of nitrogens with zero attached hydrogens (tertiary/aromatic N) is 3. The van der Waals surface area contributed by atoms with Crippen LogP contribution in [0.3, 0.4) is 0 Å². The second-order valence-corrected chi connectivity index (χ2v) is 6.34. The van der Waals surface area contributed by atoms with Crippen molar-refractivity contribution < 1.29 is 4.74 Å². The summed E-state index contributed by atoms with van der Waals surface area (Å²) < 4.78 is 5.82. The molecule has 1 N–H and O–H groups in total. The van der Waals surface area contributed by atoms with Crippen molar-refractivity contribution in [3.05, 3.63) is 35.6 Å². The first kappa shape index (κ1) is 16.3. The van der Waals surface area contributed by atoms with Gasteiger partial charge in [0.1, 0.15) is 11.6 Å². The third-order valence-corrected chi connectivity index (χ3v) is 4.47. The number of hydrogen-bond acceptors (Lipinski definition) is 4. The molecule has 0 amide bonds. The summed E-state index contributed by atoms with van der Waals surface area (Å²) in [5, 5.41) is 0.624. The zero-order valence-electron chi connectivity index (χ0n) is 13.5. The normalized spacial score (nSPS) is 16.6. The summed E-state index contributed by atoms with van der Waals surface area (Å²) in [4.78, 5) is 12.2. The Bertz CT molecular complexity index is 609. The molecule has 2 aromatic rings. The van der Waals surface area contributed by atoms with Crippen molar-refractivity contribution >= 4 is 11.6 Å². The van der Waals surface area contributed by atoms with E-state index in [9.17, 15) is 0 Å². The Kier molecular flexibility index (Phi) is 5.54. The van der Waals surface area contributed by atoms with E-state index in [0.717, 1.165) is 56.3 Å². The molecule has 124 valence electrons. The molecule has 0 saturated carbocycles. The first-order chi connectivity index (χ1) is 11.2. The summed E-state index contributed by atoms with van der Waals surface area (Å²) >= 11 is 6.31. The largest absolute Gasteiger partial charge is 0.492 e. The van der Waals surface area contributed by atoms with Gasteiger partial charge in [0.15, 0.2) is 0 Å².